The molecule has 158 valence electrons. The highest BCUT2D eigenvalue weighted by Gasteiger charge is 2.30. The first-order valence-corrected chi connectivity index (χ1v) is 10.8. The molecule has 0 bridgehead atoms. The van der Waals surface area contributed by atoms with E-state index in [1.165, 1.54) is 0 Å². The lowest BCUT2D eigenvalue weighted by molar-refractivity contribution is -0.0498. The Hall–Kier alpha value is -2.32. The maximum atomic E-state index is 12.3. The van der Waals surface area contributed by atoms with Crippen LogP contribution in [0.25, 0.3) is 0 Å². The van der Waals surface area contributed by atoms with Crippen LogP contribution in [0.5, 0.6) is 11.5 Å². The van der Waals surface area contributed by atoms with Gasteiger partial charge in [-0.3, -0.25) is 4.57 Å². The fourth-order valence-electron chi connectivity index (χ4n) is 3.04. The lowest BCUT2D eigenvalue weighted by atomic mass is 10.2. The Bertz CT molecular complexity index is 996. The summed E-state index contributed by atoms with van der Waals surface area (Å²) in [4.78, 5) is 0. The molecular weight excluding hydrogens is 432 g/mol. The van der Waals surface area contributed by atoms with E-state index in [0.29, 0.717) is 16.8 Å². The predicted octanol–water partition coefficient (Wildman–Crippen LogP) is 6.30. The molecule has 0 spiro atoms. The van der Waals surface area contributed by atoms with Crippen LogP contribution in [0.4, 0.5) is 8.78 Å². The largest absolute Gasteiger partial charge is 0.484 e. The molecule has 2 aromatic carbocycles. The maximum Gasteiger partial charge on any atom is 0.387 e. The van der Waals surface area contributed by atoms with Gasteiger partial charge < -0.3 is 9.47 Å². The van der Waals surface area contributed by atoms with Gasteiger partial charge in [-0.1, -0.05) is 47.6 Å². The van der Waals surface area contributed by atoms with Gasteiger partial charge in [0.15, 0.2) is 11.0 Å². The first-order valence-electron chi connectivity index (χ1n) is 9.54. The number of benzene rings is 2. The van der Waals surface area contributed by atoms with Gasteiger partial charge in [0.1, 0.15) is 18.1 Å². The molecule has 3 aromatic rings. The third-order valence-corrected chi connectivity index (χ3v) is 6.12. The molecule has 1 fully saturated rings. The summed E-state index contributed by atoms with van der Waals surface area (Å²) in [6, 6.07) is 14.4. The summed E-state index contributed by atoms with van der Waals surface area (Å²) in [5.41, 5.74) is 0.987. The van der Waals surface area contributed by atoms with Gasteiger partial charge in [-0.2, -0.15) is 8.78 Å². The van der Waals surface area contributed by atoms with Crippen molar-refractivity contribution in [2.45, 2.75) is 49.4 Å². The minimum atomic E-state index is -2.83. The van der Waals surface area contributed by atoms with Crippen LogP contribution >= 0.6 is 23.4 Å². The third kappa shape index (κ3) is 5.05. The molecule has 1 aromatic heterocycles. The smallest absolute Gasteiger partial charge is 0.387 e. The molecule has 4 rings (SSSR count). The normalized spacial score (nSPS) is 14.7. The summed E-state index contributed by atoms with van der Waals surface area (Å²) in [7, 11) is 0. The van der Waals surface area contributed by atoms with Gasteiger partial charge in [-0.15, -0.1) is 10.2 Å². The second-order valence-corrected chi connectivity index (χ2v) is 8.64. The Morgan fingerprint density at radius 2 is 1.87 bits per heavy atom. The number of rotatable bonds is 9. The Morgan fingerprint density at radius 1 is 1.13 bits per heavy atom. The first-order chi connectivity index (χ1) is 14.5. The molecule has 1 atom stereocenters. The van der Waals surface area contributed by atoms with E-state index in [4.69, 9.17) is 16.3 Å². The van der Waals surface area contributed by atoms with Gasteiger partial charge in [0.05, 0.1) is 5.02 Å². The number of alkyl halides is 2. The van der Waals surface area contributed by atoms with Gasteiger partial charge >= 0.3 is 6.61 Å². The average molecular weight is 452 g/mol. The number of nitrogens with zero attached hydrogens (tertiary/aromatic N) is 3. The van der Waals surface area contributed by atoms with E-state index < -0.39 is 6.61 Å². The van der Waals surface area contributed by atoms with Gasteiger partial charge in [-0.25, -0.2) is 0 Å². The predicted molar refractivity (Wildman–Crippen MR) is 111 cm³/mol. The number of hydrogen-bond donors (Lipinski definition) is 0. The average Bonchev–Trinajstić information content (AvgIpc) is 3.48. The number of thioether (sulfide) groups is 1. The summed E-state index contributed by atoms with van der Waals surface area (Å²) in [5, 5.41) is 10.1. The number of para-hydroxylation sites is 1. The van der Waals surface area contributed by atoms with Gasteiger partial charge in [-0.05, 0) is 49.6 Å². The Balaban J connectivity index is 1.46. The molecule has 5 nitrogen and oxygen atoms in total. The molecule has 0 N–H and O–H groups in total. The topological polar surface area (TPSA) is 49.2 Å². The summed E-state index contributed by atoms with van der Waals surface area (Å²) in [6.07, 6.45) is 2.16. The van der Waals surface area contributed by atoms with Crippen molar-refractivity contribution in [3.05, 3.63) is 64.9 Å². The monoisotopic (exact) mass is 451 g/mol. The Morgan fingerprint density at radius 3 is 2.53 bits per heavy atom. The minimum absolute atomic E-state index is 0.0598. The molecular formula is C21H20ClF2N3O2S. The molecule has 1 saturated carbocycles. The van der Waals surface area contributed by atoms with E-state index >= 15 is 0 Å². The first kappa shape index (κ1) is 20.9. The quantitative estimate of drug-likeness (QED) is 0.357. The second kappa shape index (κ2) is 9.22. The van der Waals surface area contributed by atoms with Gasteiger partial charge in [0.25, 0.3) is 0 Å². The SMILES string of the molecule is CC(Sc1nnc(COc2ccccc2Cl)n1C1CC1)c1ccc(OC(F)F)cc1. The van der Waals surface area contributed by atoms with Crippen LogP contribution in [-0.2, 0) is 6.61 Å². The van der Waals surface area contributed by atoms with Crippen LogP contribution < -0.4 is 9.47 Å². The fraction of sp³-hybridized carbons (Fsp3) is 0.333. The molecule has 0 saturated heterocycles. The molecule has 1 heterocycles. The zero-order chi connectivity index (χ0) is 21.1. The summed E-state index contributed by atoms with van der Waals surface area (Å²) in [6.45, 7) is -0.507. The zero-order valence-corrected chi connectivity index (χ0v) is 17.7. The van der Waals surface area contributed by atoms with Gasteiger partial charge in [0, 0.05) is 11.3 Å². The lowest BCUT2D eigenvalue weighted by Gasteiger charge is -2.14. The Kier molecular flexibility index (Phi) is 6.43. The van der Waals surface area contributed by atoms with E-state index in [9.17, 15) is 8.78 Å². The molecule has 1 aliphatic carbocycles. The van der Waals surface area contributed by atoms with Crippen molar-refractivity contribution in [2.75, 3.05) is 0 Å². The number of halogens is 3. The van der Waals surface area contributed by atoms with Crippen molar-refractivity contribution in [2.24, 2.45) is 0 Å². The zero-order valence-electron chi connectivity index (χ0n) is 16.2. The van der Waals surface area contributed by atoms with E-state index in [1.54, 1.807) is 42.1 Å². The standard InChI is InChI=1S/C21H20ClF2N3O2S/c1-13(14-6-10-16(11-7-14)29-20(23)24)30-21-26-25-19(27(21)15-8-9-15)12-28-18-5-3-2-4-17(18)22/h2-7,10-11,13,15,20H,8-9,12H2,1H3. The fourth-order valence-corrected chi connectivity index (χ4v) is 4.29. The molecule has 1 unspecified atom stereocenters. The van der Waals surface area contributed by atoms with Crippen LogP contribution in [0.2, 0.25) is 5.02 Å². The highest BCUT2D eigenvalue weighted by atomic mass is 35.5. The van der Waals surface area contributed by atoms with E-state index in [-0.39, 0.29) is 17.6 Å². The van der Waals surface area contributed by atoms with Crippen molar-refractivity contribution < 1.29 is 18.3 Å². The van der Waals surface area contributed by atoms with Crippen molar-refractivity contribution in [1.82, 2.24) is 14.8 Å². The van der Waals surface area contributed by atoms with E-state index in [1.807, 2.05) is 25.1 Å². The van der Waals surface area contributed by atoms with Crippen LogP contribution in [0, 0.1) is 0 Å². The highest BCUT2D eigenvalue weighted by Crippen LogP contribution is 2.42. The van der Waals surface area contributed by atoms with Crippen LogP contribution in [0.1, 0.15) is 42.4 Å². The summed E-state index contributed by atoms with van der Waals surface area (Å²) >= 11 is 7.74. The van der Waals surface area contributed by atoms with Crippen LogP contribution in [-0.4, -0.2) is 21.4 Å². The molecule has 0 radical (unpaired) electrons. The second-order valence-electron chi connectivity index (χ2n) is 6.93. The Labute approximate surface area is 182 Å². The minimum Gasteiger partial charge on any atom is -0.484 e. The van der Waals surface area contributed by atoms with Crippen LogP contribution in [0.15, 0.2) is 53.7 Å². The number of hydrogen-bond acceptors (Lipinski definition) is 5. The molecule has 1 aliphatic rings. The summed E-state index contributed by atoms with van der Waals surface area (Å²) < 4.78 is 37.0. The van der Waals surface area contributed by atoms with Crippen molar-refractivity contribution in [3.63, 3.8) is 0 Å². The molecule has 0 aliphatic heterocycles. The highest BCUT2D eigenvalue weighted by molar-refractivity contribution is 7.99. The summed E-state index contributed by atoms with van der Waals surface area (Å²) in [5.74, 6) is 1.51. The van der Waals surface area contributed by atoms with Crippen LogP contribution in [0.3, 0.4) is 0 Å². The number of ether oxygens (including phenoxy) is 2. The lowest BCUT2D eigenvalue weighted by Crippen LogP contribution is -2.07. The van der Waals surface area contributed by atoms with Crippen molar-refractivity contribution in [3.8, 4) is 11.5 Å². The van der Waals surface area contributed by atoms with Gasteiger partial charge in [0.2, 0.25) is 0 Å². The maximum absolute atomic E-state index is 12.3. The van der Waals surface area contributed by atoms with E-state index in [2.05, 4.69) is 19.5 Å². The van der Waals surface area contributed by atoms with Crippen molar-refractivity contribution >= 4 is 23.4 Å². The van der Waals surface area contributed by atoms with E-state index in [0.717, 1.165) is 29.4 Å². The molecule has 30 heavy (non-hydrogen) atoms. The molecule has 0 amide bonds. The third-order valence-electron chi connectivity index (χ3n) is 4.70. The molecule has 9 heteroatoms. The number of aromatic nitrogens is 3. The van der Waals surface area contributed by atoms with Crippen molar-refractivity contribution in [1.29, 1.82) is 0 Å².